The molecule has 1 aromatic carbocycles. The first kappa shape index (κ1) is 14.9. The average molecular weight is 282 g/mol. The van der Waals surface area contributed by atoms with Gasteiger partial charge in [0.05, 0.1) is 5.56 Å². The van der Waals surface area contributed by atoms with Gasteiger partial charge in [-0.25, -0.2) is 8.78 Å². The number of nitrogens with zero attached hydrogens (tertiary/aromatic N) is 1. The third kappa shape index (κ3) is 3.15. The van der Waals surface area contributed by atoms with Crippen molar-refractivity contribution in [3.63, 3.8) is 0 Å². The van der Waals surface area contributed by atoms with Crippen molar-refractivity contribution in [3.8, 4) is 0 Å². The summed E-state index contributed by atoms with van der Waals surface area (Å²) in [4.78, 5) is 14.2. The minimum atomic E-state index is -1.06. The Labute approximate surface area is 117 Å². The molecule has 1 amide bonds. The fourth-order valence-electron chi connectivity index (χ4n) is 2.75. The standard InChI is InChI=1S/C15H20F2N2O/c16-13-8-3-7-12(14(13)17)15(20)19(10-4-9-18)11-5-1-2-6-11/h3,7-8,11H,1-2,4-6,9-10,18H2. The van der Waals surface area contributed by atoms with E-state index in [2.05, 4.69) is 0 Å². The van der Waals surface area contributed by atoms with Crippen molar-refractivity contribution >= 4 is 5.91 Å². The molecule has 110 valence electrons. The Bertz CT molecular complexity index is 473. The average Bonchev–Trinajstić information content (AvgIpc) is 2.96. The molecule has 0 bridgehead atoms. The van der Waals surface area contributed by atoms with Gasteiger partial charge in [0.15, 0.2) is 11.6 Å². The number of nitrogens with two attached hydrogens (primary N) is 1. The van der Waals surface area contributed by atoms with Gasteiger partial charge in [-0.05, 0) is 37.9 Å². The maximum atomic E-state index is 13.8. The number of carbonyl (C=O) groups excluding carboxylic acids is 1. The molecule has 0 heterocycles. The first-order valence-electron chi connectivity index (χ1n) is 7.10. The third-order valence-electron chi connectivity index (χ3n) is 3.81. The smallest absolute Gasteiger partial charge is 0.257 e. The SMILES string of the molecule is NCCCN(C(=O)c1cccc(F)c1F)C1CCCC1. The Balaban J connectivity index is 2.22. The molecule has 1 aliphatic rings. The molecule has 3 nitrogen and oxygen atoms in total. The summed E-state index contributed by atoms with van der Waals surface area (Å²) in [6.07, 6.45) is 4.66. The lowest BCUT2D eigenvalue weighted by atomic mass is 10.1. The van der Waals surface area contributed by atoms with E-state index in [0.717, 1.165) is 31.7 Å². The van der Waals surface area contributed by atoms with Crippen LogP contribution < -0.4 is 5.73 Å². The van der Waals surface area contributed by atoms with Gasteiger partial charge in [-0.2, -0.15) is 0 Å². The van der Waals surface area contributed by atoms with E-state index in [0.29, 0.717) is 19.5 Å². The van der Waals surface area contributed by atoms with Crippen LogP contribution in [0, 0.1) is 11.6 Å². The highest BCUT2D eigenvalue weighted by Crippen LogP contribution is 2.26. The van der Waals surface area contributed by atoms with Gasteiger partial charge < -0.3 is 10.6 Å². The number of benzene rings is 1. The Morgan fingerprint density at radius 2 is 2.00 bits per heavy atom. The zero-order valence-corrected chi connectivity index (χ0v) is 11.4. The van der Waals surface area contributed by atoms with Gasteiger partial charge in [0, 0.05) is 12.6 Å². The molecule has 20 heavy (non-hydrogen) atoms. The summed E-state index contributed by atoms with van der Waals surface area (Å²) >= 11 is 0. The molecule has 5 heteroatoms. The fraction of sp³-hybridized carbons (Fsp3) is 0.533. The van der Waals surface area contributed by atoms with E-state index >= 15 is 0 Å². The molecule has 1 aliphatic carbocycles. The Morgan fingerprint density at radius 3 is 2.65 bits per heavy atom. The van der Waals surface area contributed by atoms with Crippen LogP contribution in [0.25, 0.3) is 0 Å². The molecular weight excluding hydrogens is 262 g/mol. The summed E-state index contributed by atoms with van der Waals surface area (Å²) in [6.45, 7) is 0.970. The van der Waals surface area contributed by atoms with Crippen LogP contribution in [0.3, 0.4) is 0 Å². The third-order valence-corrected chi connectivity index (χ3v) is 3.81. The number of hydrogen-bond acceptors (Lipinski definition) is 2. The topological polar surface area (TPSA) is 46.3 Å². The first-order valence-corrected chi connectivity index (χ1v) is 7.10. The molecule has 0 radical (unpaired) electrons. The van der Waals surface area contributed by atoms with E-state index in [-0.39, 0.29) is 11.6 Å². The lowest BCUT2D eigenvalue weighted by Gasteiger charge is -2.29. The molecule has 0 atom stereocenters. The van der Waals surface area contributed by atoms with Crippen molar-refractivity contribution in [1.29, 1.82) is 0 Å². The van der Waals surface area contributed by atoms with E-state index in [1.807, 2.05) is 0 Å². The summed E-state index contributed by atoms with van der Waals surface area (Å²) in [5.74, 6) is -2.48. The Hall–Kier alpha value is -1.49. The van der Waals surface area contributed by atoms with Crippen molar-refractivity contribution in [1.82, 2.24) is 4.90 Å². The predicted octanol–water partition coefficient (Wildman–Crippen LogP) is 2.70. The fourth-order valence-corrected chi connectivity index (χ4v) is 2.75. The van der Waals surface area contributed by atoms with Crippen molar-refractivity contribution in [2.24, 2.45) is 5.73 Å². The second kappa shape index (κ2) is 6.79. The molecular formula is C15H20F2N2O. The van der Waals surface area contributed by atoms with Gasteiger partial charge in [0.25, 0.3) is 5.91 Å². The second-order valence-corrected chi connectivity index (χ2v) is 5.18. The van der Waals surface area contributed by atoms with Gasteiger partial charge in [0.2, 0.25) is 0 Å². The van der Waals surface area contributed by atoms with Crippen molar-refractivity contribution in [2.45, 2.75) is 38.1 Å². The normalized spacial score (nSPS) is 15.6. The number of rotatable bonds is 5. The van der Waals surface area contributed by atoms with Gasteiger partial charge in [0.1, 0.15) is 0 Å². The summed E-state index contributed by atoms with van der Waals surface area (Å²) in [6, 6.07) is 3.84. The van der Waals surface area contributed by atoms with E-state index in [1.165, 1.54) is 12.1 Å². The highest BCUT2D eigenvalue weighted by Gasteiger charge is 2.29. The van der Waals surface area contributed by atoms with E-state index in [4.69, 9.17) is 5.73 Å². The lowest BCUT2D eigenvalue weighted by Crippen LogP contribution is -2.40. The molecule has 2 rings (SSSR count). The number of amides is 1. The molecule has 1 fully saturated rings. The highest BCUT2D eigenvalue weighted by molar-refractivity contribution is 5.94. The molecule has 0 saturated heterocycles. The van der Waals surface area contributed by atoms with E-state index in [9.17, 15) is 13.6 Å². The molecule has 0 aromatic heterocycles. The molecule has 0 spiro atoms. The lowest BCUT2D eigenvalue weighted by molar-refractivity contribution is 0.0674. The summed E-state index contributed by atoms with van der Waals surface area (Å²) in [5, 5.41) is 0. The minimum absolute atomic E-state index is 0.122. The molecule has 2 N–H and O–H groups in total. The van der Waals surface area contributed by atoms with Crippen molar-refractivity contribution in [3.05, 3.63) is 35.4 Å². The van der Waals surface area contributed by atoms with Crippen LogP contribution in [0.4, 0.5) is 8.78 Å². The van der Waals surface area contributed by atoms with Crippen LogP contribution in [-0.4, -0.2) is 29.9 Å². The van der Waals surface area contributed by atoms with Gasteiger partial charge >= 0.3 is 0 Å². The zero-order valence-electron chi connectivity index (χ0n) is 11.4. The molecule has 0 unspecified atom stereocenters. The van der Waals surface area contributed by atoms with Gasteiger partial charge in [-0.15, -0.1) is 0 Å². The maximum Gasteiger partial charge on any atom is 0.257 e. The number of halogens is 2. The molecule has 1 aromatic rings. The summed E-state index contributed by atoms with van der Waals surface area (Å²) in [5.41, 5.74) is 5.31. The van der Waals surface area contributed by atoms with Crippen LogP contribution in [0.1, 0.15) is 42.5 Å². The largest absolute Gasteiger partial charge is 0.336 e. The van der Waals surface area contributed by atoms with Gasteiger partial charge in [-0.3, -0.25) is 4.79 Å². The van der Waals surface area contributed by atoms with E-state index < -0.39 is 17.5 Å². The van der Waals surface area contributed by atoms with Gasteiger partial charge in [-0.1, -0.05) is 18.9 Å². The van der Waals surface area contributed by atoms with Crippen LogP contribution in [-0.2, 0) is 0 Å². The summed E-state index contributed by atoms with van der Waals surface area (Å²) in [7, 11) is 0. The van der Waals surface area contributed by atoms with E-state index in [1.54, 1.807) is 4.90 Å². The summed E-state index contributed by atoms with van der Waals surface area (Å²) < 4.78 is 27.0. The second-order valence-electron chi connectivity index (χ2n) is 5.18. The highest BCUT2D eigenvalue weighted by atomic mass is 19.2. The Kier molecular flexibility index (Phi) is 5.06. The molecule has 0 aliphatic heterocycles. The number of carbonyl (C=O) groups is 1. The quantitative estimate of drug-likeness (QED) is 0.902. The predicted molar refractivity (Wildman–Crippen MR) is 73.3 cm³/mol. The Morgan fingerprint density at radius 1 is 1.30 bits per heavy atom. The van der Waals surface area contributed by atoms with Crippen LogP contribution >= 0.6 is 0 Å². The van der Waals surface area contributed by atoms with Crippen LogP contribution in [0.15, 0.2) is 18.2 Å². The minimum Gasteiger partial charge on any atom is -0.336 e. The molecule has 1 saturated carbocycles. The van der Waals surface area contributed by atoms with Crippen LogP contribution in [0.5, 0.6) is 0 Å². The number of hydrogen-bond donors (Lipinski definition) is 1. The maximum absolute atomic E-state index is 13.8. The van der Waals surface area contributed by atoms with Crippen LogP contribution in [0.2, 0.25) is 0 Å². The first-order chi connectivity index (χ1) is 9.65. The van der Waals surface area contributed by atoms with Crippen molar-refractivity contribution < 1.29 is 13.6 Å². The zero-order chi connectivity index (χ0) is 14.5. The monoisotopic (exact) mass is 282 g/mol. The van der Waals surface area contributed by atoms with Crippen molar-refractivity contribution in [2.75, 3.05) is 13.1 Å².